The van der Waals surface area contributed by atoms with E-state index in [9.17, 15) is 0 Å². The number of nitrogens with zero attached hydrogens (tertiary/aromatic N) is 2. The lowest BCUT2D eigenvalue weighted by Gasteiger charge is -2.35. The van der Waals surface area contributed by atoms with Crippen molar-refractivity contribution in [3.05, 3.63) is 18.2 Å². The number of hydrogen-bond donors (Lipinski definition) is 1. The van der Waals surface area contributed by atoms with Crippen LogP contribution in [0.25, 0.3) is 0 Å². The Morgan fingerprint density at radius 2 is 2.22 bits per heavy atom. The third-order valence-electron chi connectivity index (χ3n) is 3.91. The smallest absolute Gasteiger partial charge is 0.130 e. The summed E-state index contributed by atoms with van der Waals surface area (Å²) >= 11 is 0. The molecule has 0 radical (unpaired) electrons. The first-order valence-corrected chi connectivity index (χ1v) is 7.14. The highest BCUT2D eigenvalue weighted by Crippen LogP contribution is 2.29. The Bertz CT molecular complexity index is 378. The van der Waals surface area contributed by atoms with Crippen LogP contribution >= 0.6 is 0 Å². The average Bonchev–Trinajstić information content (AvgIpc) is 2.39. The topological polar surface area (TPSA) is 28.2 Å². The van der Waals surface area contributed by atoms with Crippen molar-refractivity contribution in [1.29, 1.82) is 0 Å². The van der Waals surface area contributed by atoms with Crippen LogP contribution in [0.1, 0.15) is 39.5 Å². The zero-order valence-corrected chi connectivity index (χ0v) is 11.8. The van der Waals surface area contributed by atoms with E-state index in [-0.39, 0.29) is 0 Å². The lowest BCUT2D eigenvalue weighted by molar-refractivity contribution is 0.335. The molecule has 3 heteroatoms. The van der Waals surface area contributed by atoms with E-state index in [1.165, 1.54) is 25.7 Å². The second kappa shape index (κ2) is 6.07. The van der Waals surface area contributed by atoms with Gasteiger partial charge in [-0.2, -0.15) is 0 Å². The van der Waals surface area contributed by atoms with E-state index in [0.29, 0.717) is 6.04 Å². The highest BCUT2D eigenvalue weighted by atomic mass is 15.2. The highest BCUT2D eigenvalue weighted by Gasteiger charge is 2.23. The molecule has 3 nitrogen and oxygen atoms in total. The standard InChI is InChI=1S/C15H25N3/c1-4-16-14-9-6-10-15(17-14)18(3)13-8-5-7-12(2)11-13/h6,9-10,12-13H,4-5,7-8,11H2,1-3H3,(H,16,17). The Labute approximate surface area is 111 Å². The van der Waals surface area contributed by atoms with Crippen molar-refractivity contribution in [2.75, 3.05) is 23.8 Å². The van der Waals surface area contributed by atoms with E-state index in [2.05, 4.69) is 48.2 Å². The van der Waals surface area contributed by atoms with Crippen molar-refractivity contribution in [3.8, 4) is 0 Å². The van der Waals surface area contributed by atoms with Crippen LogP contribution in [0.4, 0.5) is 11.6 Å². The molecule has 1 saturated carbocycles. The number of hydrogen-bond acceptors (Lipinski definition) is 3. The van der Waals surface area contributed by atoms with Gasteiger partial charge >= 0.3 is 0 Å². The van der Waals surface area contributed by atoms with Crippen molar-refractivity contribution in [2.24, 2.45) is 5.92 Å². The summed E-state index contributed by atoms with van der Waals surface area (Å²) in [6.45, 7) is 5.38. The second-order valence-electron chi connectivity index (χ2n) is 5.45. The van der Waals surface area contributed by atoms with Crippen LogP contribution in [0, 0.1) is 5.92 Å². The minimum Gasteiger partial charge on any atom is -0.370 e. The van der Waals surface area contributed by atoms with Gasteiger partial charge in [-0.15, -0.1) is 0 Å². The van der Waals surface area contributed by atoms with Gasteiger partial charge in [-0.1, -0.05) is 25.8 Å². The Balaban J connectivity index is 2.07. The van der Waals surface area contributed by atoms with E-state index >= 15 is 0 Å². The monoisotopic (exact) mass is 247 g/mol. The van der Waals surface area contributed by atoms with Gasteiger partial charge in [0.05, 0.1) is 0 Å². The van der Waals surface area contributed by atoms with Crippen LogP contribution in [0.3, 0.4) is 0 Å². The number of pyridine rings is 1. The quantitative estimate of drug-likeness (QED) is 0.882. The molecule has 18 heavy (non-hydrogen) atoms. The maximum absolute atomic E-state index is 4.68. The van der Waals surface area contributed by atoms with Gasteiger partial charge in [-0.25, -0.2) is 4.98 Å². The summed E-state index contributed by atoms with van der Waals surface area (Å²) in [4.78, 5) is 7.04. The molecular weight excluding hydrogens is 222 g/mol. The van der Waals surface area contributed by atoms with Crippen molar-refractivity contribution in [2.45, 2.75) is 45.6 Å². The molecule has 1 aliphatic rings. The zero-order valence-electron chi connectivity index (χ0n) is 11.8. The maximum atomic E-state index is 4.68. The van der Waals surface area contributed by atoms with Crippen LogP contribution in [-0.2, 0) is 0 Å². The minimum atomic E-state index is 0.651. The molecule has 2 atom stereocenters. The van der Waals surface area contributed by atoms with Gasteiger partial charge in [0.1, 0.15) is 11.6 Å². The van der Waals surface area contributed by atoms with E-state index in [1.54, 1.807) is 0 Å². The lowest BCUT2D eigenvalue weighted by atomic mass is 9.86. The summed E-state index contributed by atoms with van der Waals surface area (Å²) < 4.78 is 0. The molecule has 0 amide bonds. The van der Waals surface area contributed by atoms with Crippen LogP contribution in [0.5, 0.6) is 0 Å². The first-order chi connectivity index (χ1) is 8.70. The van der Waals surface area contributed by atoms with Crippen LogP contribution < -0.4 is 10.2 Å². The molecular formula is C15H25N3. The summed E-state index contributed by atoms with van der Waals surface area (Å²) in [6, 6.07) is 6.88. The number of nitrogens with one attached hydrogen (secondary N) is 1. The summed E-state index contributed by atoms with van der Waals surface area (Å²) in [5, 5.41) is 3.28. The predicted octanol–water partition coefficient (Wildman–Crippen LogP) is 3.53. The SMILES string of the molecule is CCNc1cccc(N(C)C2CCCC(C)C2)n1. The summed E-state index contributed by atoms with van der Waals surface area (Å²) in [5.74, 6) is 2.92. The molecule has 1 fully saturated rings. The largest absolute Gasteiger partial charge is 0.370 e. The number of rotatable bonds is 4. The number of aromatic nitrogens is 1. The molecule has 0 aromatic carbocycles. The van der Waals surface area contributed by atoms with Crippen LogP contribution in [0.2, 0.25) is 0 Å². The van der Waals surface area contributed by atoms with E-state index in [0.717, 1.165) is 24.1 Å². The average molecular weight is 247 g/mol. The lowest BCUT2D eigenvalue weighted by Crippen LogP contribution is -2.36. The summed E-state index contributed by atoms with van der Waals surface area (Å²) in [5.41, 5.74) is 0. The fraction of sp³-hybridized carbons (Fsp3) is 0.667. The first-order valence-electron chi connectivity index (χ1n) is 7.14. The Morgan fingerprint density at radius 1 is 1.39 bits per heavy atom. The molecule has 1 aliphatic carbocycles. The third-order valence-corrected chi connectivity index (χ3v) is 3.91. The molecule has 2 rings (SSSR count). The third kappa shape index (κ3) is 3.15. The Hall–Kier alpha value is -1.25. The zero-order chi connectivity index (χ0) is 13.0. The van der Waals surface area contributed by atoms with E-state index in [1.807, 2.05) is 6.07 Å². The van der Waals surface area contributed by atoms with Gasteiger partial charge in [-0.05, 0) is 37.8 Å². The molecule has 1 aromatic rings. The highest BCUT2D eigenvalue weighted by molar-refractivity contribution is 5.47. The second-order valence-corrected chi connectivity index (χ2v) is 5.45. The van der Waals surface area contributed by atoms with Gasteiger partial charge in [0.2, 0.25) is 0 Å². The van der Waals surface area contributed by atoms with Crippen molar-refractivity contribution < 1.29 is 0 Å². The molecule has 1 N–H and O–H groups in total. The van der Waals surface area contributed by atoms with Crippen LogP contribution in [-0.4, -0.2) is 24.6 Å². The van der Waals surface area contributed by atoms with Gasteiger partial charge in [0.15, 0.2) is 0 Å². The van der Waals surface area contributed by atoms with Gasteiger partial charge < -0.3 is 10.2 Å². The normalized spacial score (nSPS) is 23.7. The maximum Gasteiger partial charge on any atom is 0.130 e. The van der Waals surface area contributed by atoms with Crippen molar-refractivity contribution >= 4 is 11.6 Å². The molecule has 100 valence electrons. The van der Waals surface area contributed by atoms with Gasteiger partial charge in [-0.3, -0.25) is 0 Å². The Morgan fingerprint density at radius 3 is 2.94 bits per heavy atom. The molecule has 1 heterocycles. The number of anilines is 2. The van der Waals surface area contributed by atoms with E-state index < -0.39 is 0 Å². The van der Waals surface area contributed by atoms with E-state index in [4.69, 9.17) is 0 Å². The summed E-state index contributed by atoms with van der Waals surface area (Å²) in [7, 11) is 2.18. The Kier molecular flexibility index (Phi) is 4.45. The van der Waals surface area contributed by atoms with Gasteiger partial charge in [0.25, 0.3) is 0 Å². The molecule has 0 aliphatic heterocycles. The molecule has 0 saturated heterocycles. The van der Waals surface area contributed by atoms with Crippen molar-refractivity contribution in [1.82, 2.24) is 4.98 Å². The summed E-state index contributed by atoms with van der Waals surface area (Å²) in [6.07, 6.45) is 5.33. The fourth-order valence-corrected chi connectivity index (χ4v) is 2.84. The first kappa shape index (κ1) is 13.2. The van der Waals surface area contributed by atoms with Crippen LogP contribution in [0.15, 0.2) is 18.2 Å². The molecule has 2 unspecified atom stereocenters. The predicted molar refractivity (Wildman–Crippen MR) is 78.2 cm³/mol. The minimum absolute atomic E-state index is 0.651. The molecule has 1 aromatic heterocycles. The van der Waals surface area contributed by atoms with Crippen molar-refractivity contribution in [3.63, 3.8) is 0 Å². The molecule has 0 spiro atoms. The van der Waals surface area contributed by atoms with Gasteiger partial charge in [0, 0.05) is 19.6 Å². The fourth-order valence-electron chi connectivity index (χ4n) is 2.84. The molecule has 0 bridgehead atoms.